The molecule has 2 rings (SSSR count). The van der Waals surface area contributed by atoms with Crippen molar-refractivity contribution in [2.24, 2.45) is 11.1 Å². The molecule has 1 aliphatic heterocycles. The second-order valence-electron chi connectivity index (χ2n) is 6.67. The second-order valence-corrected chi connectivity index (χ2v) is 6.67. The zero-order chi connectivity index (χ0) is 14.8. The molecule has 20 heavy (non-hydrogen) atoms. The van der Waals surface area contributed by atoms with Gasteiger partial charge in [-0.2, -0.15) is 0 Å². The minimum atomic E-state index is -0.530. The summed E-state index contributed by atoms with van der Waals surface area (Å²) in [6, 6.07) is 0.330. The van der Waals surface area contributed by atoms with Crippen molar-refractivity contribution in [1.29, 1.82) is 0 Å². The van der Waals surface area contributed by atoms with Crippen molar-refractivity contribution in [2.75, 3.05) is 13.2 Å². The molecule has 0 spiro atoms. The fourth-order valence-corrected chi connectivity index (χ4v) is 2.98. The third-order valence-corrected chi connectivity index (χ3v) is 4.32. The smallest absolute Gasteiger partial charge is 0.235 e. The van der Waals surface area contributed by atoms with E-state index in [2.05, 4.69) is 0 Å². The van der Waals surface area contributed by atoms with Gasteiger partial charge in [0, 0.05) is 25.6 Å². The van der Waals surface area contributed by atoms with E-state index in [1.807, 2.05) is 13.8 Å². The van der Waals surface area contributed by atoms with Gasteiger partial charge in [-0.25, -0.2) is 0 Å². The van der Waals surface area contributed by atoms with Crippen molar-refractivity contribution in [3.05, 3.63) is 0 Å². The summed E-state index contributed by atoms with van der Waals surface area (Å²) >= 11 is 0. The Morgan fingerprint density at radius 2 is 1.90 bits per heavy atom. The van der Waals surface area contributed by atoms with Gasteiger partial charge in [0.05, 0.1) is 11.5 Å². The zero-order valence-corrected chi connectivity index (χ0v) is 12.6. The standard InChI is InChI=1S/C15H26N2O3/c1-15(2)10-13(18)17(14(15)19)8-3-9-20-12-6-4-11(16)5-7-12/h11-12H,3-10,16H2,1-2H3. The van der Waals surface area contributed by atoms with Gasteiger partial charge in [0.15, 0.2) is 0 Å². The van der Waals surface area contributed by atoms with E-state index in [-0.39, 0.29) is 11.8 Å². The first-order chi connectivity index (χ1) is 9.40. The maximum absolute atomic E-state index is 12.0. The molecule has 1 saturated heterocycles. The van der Waals surface area contributed by atoms with Crippen molar-refractivity contribution in [3.8, 4) is 0 Å². The number of imide groups is 1. The maximum atomic E-state index is 12.0. The van der Waals surface area contributed by atoms with Gasteiger partial charge < -0.3 is 10.5 Å². The van der Waals surface area contributed by atoms with E-state index in [0.717, 1.165) is 32.1 Å². The highest BCUT2D eigenvalue weighted by Gasteiger charge is 2.44. The molecule has 5 nitrogen and oxygen atoms in total. The number of rotatable bonds is 5. The number of nitrogens with two attached hydrogens (primary N) is 1. The van der Waals surface area contributed by atoms with Crippen molar-refractivity contribution >= 4 is 11.8 Å². The third-order valence-electron chi connectivity index (χ3n) is 4.32. The van der Waals surface area contributed by atoms with Crippen molar-refractivity contribution in [1.82, 2.24) is 4.90 Å². The number of nitrogens with zero attached hydrogens (tertiary/aromatic N) is 1. The summed E-state index contributed by atoms with van der Waals surface area (Å²) in [7, 11) is 0. The Balaban J connectivity index is 1.66. The first kappa shape index (κ1) is 15.4. The van der Waals surface area contributed by atoms with Crippen LogP contribution in [0.4, 0.5) is 0 Å². The van der Waals surface area contributed by atoms with Crippen LogP contribution in [-0.2, 0) is 14.3 Å². The predicted molar refractivity (Wildman–Crippen MR) is 75.9 cm³/mol. The molecule has 0 aromatic rings. The van der Waals surface area contributed by atoms with E-state index in [1.165, 1.54) is 4.90 Å². The summed E-state index contributed by atoms with van der Waals surface area (Å²) in [6.07, 6.45) is 5.45. The lowest BCUT2D eigenvalue weighted by atomic mass is 9.92. The summed E-state index contributed by atoms with van der Waals surface area (Å²) in [5.74, 6) is -0.102. The molecule has 5 heteroatoms. The fraction of sp³-hybridized carbons (Fsp3) is 0.867. The minimum Gasteiger partial charge on any atom is -0.378 e. The molecule has 2 N–H and O–H groups in total. The molecule has 0 aromatic heterocycles. The quantitative estimate of drug-likeness (QED) is 0.612. The van der Waals surface area contributed by atoms with Crippen molar-refractivity contribution in [3.63, 3.8) is 0 Å². The van der Waals surface area contributed by atoms with Crippen LogP contribution in [0.2, 0.25) is 0 Å². The second kappa shape index (κ2) is 6.22. The number of ether oxygens (including phenoxy) is 1. The lowest BCUT2D eigenvalue weighted by molar-refractivity contribution is -0.141. The zero-order valence-electron chi connectivity index (χ0n) is 12.6. The van der Waals surface area contributed by atoms with Crippen LogP contribution >= 0.6 is 0 Å². The minimum absolute atomic E-state index is 0.0499. The lowest BCUT2D eigenvalue weighted by Crippen LogP contribution is -2.35. The highest BCUT2D eigenvalue weighted by Crippen LogP contribution is 2.31. The number of carbonyl (C=O) groups is 2. The van der Waals surface area contributed by atoms with Gasteiger partial charge in [-0.05, 0) is 32.1 Å². The summed E-state index contributed by atoms with van der Waals surface area (Å²) in [6.45, 7) is 4.74. The van der Waals surface area contributed by atoms with Gasteiger partial charge in [-0.3, -0.25) is 14.5 Å². The van der Waals surface area contributed by atoms with Crippen LogP contribution in [0.25, 0.3) is 0 Å². The van der Waals surface area contributed by atoms with Crippen molar-refractivity contribution in [2.45, 2.75) is 64.5 Å². The summed E-state index contributed by atoms with van der Waals surface area (Å²) in [4.78, 5) is 25.2. The van der Waals surface area contributed by atoms with Gasteiger partial charge in [0.2, 0.25) is 11.8 Å². The van der Waals surface area contributed by atoms with E-state index in [9.17, 15) is 9.59 Å². The topological polar surface area (TPSA) is 72.6 Å². The van der Waals surface area contributed by atoms with Crippen LogP contribution in [0.1, 0.15) is 52.4 Å². The normalized spacial score (nSPS) is 30.1. The SMILES string of the molecule is CC1(C)CC(=O)N(CCCOC2CCC(N)CC2)C1=O. The fourth-order valence-electron chi connectivity index (χ4n) is 2.98. The third kappa shape index (κ3) is 3.58. The Bertz CT molecular complexity index is 373. The van der Waals surface area contributed by atoms with Crippen LogP contribution in [0.3, 0.4) is 0 Å². The van der Waals surface area contributed by atoms with E-state index in [4.69, 9.17) is 10.5 Å². The van der Waals surface area contributed by atoms with Gasteiger partial charge in [-0.15, -0.1) is 0 Å². The Morgan fingerprint density at radius 3 is 2.45 bits per heavy atom. The molecule has 0 unspecified atom stereocenters. The molecule has 114 valence electrons. The molecule has 1 heterocycles. The highest BCUT2D eigenvalue weighted by atomic mass is 16.5. The molecular formula is C15H26N2O3. The molecule has 0 bridgehead atoms. The van der Waals surface area contributed by atoms with Crippen LogP contribution in [0, 0.1) is 5.41 Å². The summed E-state index contributed by atoms with van der Waals surface area (Å²) in [5.41, 5.74) is 5.32. The number of likely N-dealkylation sites (tertiary alicyclic amines) is 1. The molecule has 2 fully saturated rings. The average Bonchev–Trinajstić information content (AvgIpc) is 2.58. The monoisotopic (exact) mass is 282 g/mol. The van der Waals surface area contributed by atoms with Crippen LogP contribution in [0.5, 0.6) is 0 Å². The van der Waals surface area contributed by atoms with Gasteiger partial charge in [0.1, 0.15) is 0 Å². The molecule has 1 aliphatic carbocycles. The Hall–Kier alpha value is -0.940. The molecule has 1 saturated carbocycles. The lowest BCUT2D eigenvalue weighted by Gasteiger charge is -2.26. The Morgan fingerprint density at radius 1 is 1.25 bits per heavy atom. The number of carbonyl (C=O) groups excluding carboxylic acids is 2. The van der Waals surface area contributed by atoms with E-state index < -0.39 is 5.41 Å². The van der Waals surface area contributed by atoms with Gasteiger partial charge in [-0.1, -0.05) is 13.8 Å². The van der Waals surface area contributed by atoms with E-state index in [0.29, 0.717) is 31.7 Å². The number of amides is 2. The number of hydrogen-bond acceptors (Lipinski definition) is 4. The van der Waals surface area contributed by atoms with E-state index in [1.54, 1.807) is 0 Å². The number of hydrogen-bond donors (Lipinski definition) is 1. The Labute approximate surface area is 120 Å². The molecular weight excluding hydrogens is 256 g/mol. The average molecular weight is 282 g/mol. The van der Waals surface area contributed by atoms with E-state index >= 15 is 0 Å². The van der Waals surface area contributed by atoms with Crippen LogP contribution in [0.15, 0.2) is 0 Å². The van der Waals surface area contributed by atoms with Crippen LogP contribution < -0.4 is 5.73 Å². The predicted octanol–water partition coefficient (Wildman–Crippen LogP) is 1.45. The summed E-state index contributed by atoms with van der Waals surface area (Å²) < 4.78 is 5.81. The van der Waals surface area contributed by atoms with Crippen molar-refractivity contribution < 1.29 is 14.3 Å². The highest BCUT2D eigenvalue weighted by molar-refractivity contribution is 6.05. The molecule has 2 amide bonds. The maximum Gasteiger partial charge on any atom is 0.235 e. The van der Waals surface area contributed by atoms with Gasteiger partial charge >= 0.3 is 0 Å². The molecule has 2 aliphatic rings. The molecule has 0 aromatic carbocycles. The van der Waals surface area contributed by atoms with Crippen LogP contribution in [-0.4, -0.2) is 42.0 Å². The molecule has 0 atom stereocenters. The van der Waals surface area contributed by atoms with Gasteiger partial charge in [0.25, 0.3) is 0 Å². The largest absolute Gasteiger partial charge is 0.378 e. The first-order valence-corrected chi connectivity index (χ1v) is 7.62. The Kier molecular flexibility index (Phi) is 4.81. The molecule has 0 radical (unpaired) electrons. The summed E-state index contributed by atoms with van der Waals surface area (Å²) in [5, 5.41) is 0. The first-order valence-electron chi connectivity index (χ1n) is 7.62.